The molecule has 2 heterocycles. The predicted molar refractivity (Wildman–Crippen MR) is 134 cm³/mol. The molecule has 0 spiro atoms. The van der Waals surface area contributed by atoms with Gasteiger partial charge in [0.1, 0.15) is 22.5 Å². The molecular weight excluding hydrogens is 524 g/mol. The number of halogens is 1. The van der Waals surface area contributed by atoms with Gasteiger partial charge in [-0.25, -0.2) is 12.7 Å². The predicted octanol–water partition coefficient (Wildman–Crippen LogP) is 3.14. The van der Waals surface area contributed by atoms with Crippen molar-refractivity contribution in [2.45, 2.75) is 43.7 Å². The lowest BCUT2D eigenvalue weighted by atomic mass is 9.99. The number of methoxy groups -OCH3 is 1. The Kier molecular flexibility index (Phi) is 7.16. The smallest absolute Gasteiger partial charge is 0.269 e. The molecule has 2 aliphatic heterocycles. The molecule has 0 N–H and O–H groups in total. The number of carbonyl (C=O) groups excluding carboxylic acids is 2. The molecule has 11 nitrogen and oxygen atoms in total. The fourth-order valence-corrected chi connectivity index (χ4v) is 6.25. The zero-order valence-corrected chi connectivity index (χ0v) is 21.9. The van der Waals surface area contributed by atoms with E-state index in [1.54, 1.807) is 13.8 Å². The van der Waals surface area contributed by atoms with Crippen LogP contribution < -0.4 is 4.74 Å². The van der Waals surface area contributed by atoms with Gasteiger partial charge in [-0.15, -0.1) is 0 Å². The van der Waals surface area contributed by atoms with Crippen LogP contribution in [-0.4, -0.2) is 65.0 Å². The maximum absolute atomic E-state index is 13.8. The second-order valence-electron chi connectivity index (χ2n) is 8.86. The molecule has 196 valence electrons. The Morgan fingerprint density at radius 2 is 1.84 bits per heavy atom. The lowest BCUT2D eigenvalue weighted by Crippen LogP contribution is -2.61. The third kappa shape index (κ3) is 4.86. The van der Waals surface area contributed by atoms with E-state index in [0.717, 1.165) is 4.31 Å². The highest BCUT2D eigenvalue weighted by molar-refractivity contribution is 7.89. The van der Waals surface area contributed by atoms with Gasteiger partial charge in [0.15, 0.2) is 0 Å². The first-order chi connectivity index (χ1) is 17.4. The molecule has 1 unspecified atom stereocenters. The zero-order chi connectivity index (χ0) is 27.1. The van der Waals surface area contributed by atoms with E-state index in [9.17, 15) is 28.1 Å². The summed E-state index contributed by atoms with van der Waals surface area (Å²) in [5.74, 6) is -0.661. The summed E-state index contributed by atoms with van der Waals surface area (Å²) in [7, 11) is -2.91. The Balaban J connectivity index is 1.80. The lowest BCUT2D eigenvalue weighted by molar-refractivity contribution is -0.384. The summed E-state index contributed by atoms with van der Waals surface area (Å²) in [6.07, 6.45) is 1.27. The SMILES string of the molecule is COc1ccc(Cl)cc1S(=O)(=O)N1CCC(=O)N2C1=CN(C(C)C)C(=O)C2Cc1ccc([N+](=O)[O-])cc1. The van der Waals surface area contributed by atoms with Crippen molar-refractivity contribution < 1.29 is 27.7 Å². The van der Waals surface area contributed by atoms with Crippen molar-refractivity contribution >= 4 is 39.1 Å². The van der Waals surface area contributed by atoms with E-state index >= 15 is 0 Å². The third-order valence-corrected chi connectivity index (χ3v) is 8.29. The van der Waals surface area contributed by atoms with Gasteiger partial charge in [0.25, 0.3) is 15.7 Å². The van der Waals surface area contributed by atoms with Crippen LogP contribution in [0.5, 0.6) is 5.75 Å². The third-order valence-electron chi connectivity index (χ3n) is 6.23. The number of nitro groups is 1. The number of nitro benzene ring substituents is 1. The van der Waals surface area contributed by atoms with Crippen LogP contribution in [0.4, 0.5) is 5.69 Å². The second-order valence-corrected chi connectivity index (χ2v) is 11.1. The van der Waals surface area contributed by atoms with Gasteiger partial charge in [0.05, 0.1) is 12.0 Å². The van der Waals surface area contributed by atoms with E-state index in [0.29, 0.717) is 5.56 Å². The fraction of sp³-hybridized carbons (Fsp3) is 0.333. The van der Waals surface area contributed by atoms with Crippen LogP contribution in [0.2, 0.25) is 5.02 Å². The van der Waals surface area contributed by atoms with Gasteiger partial charge in [-0.05, 0) is 37.6 Å². The van der Waals surface area contributed by atoms with Crippen molar-refractivity contribution in [3.8, 4) is 5.75 Å². The number of nitrogens with zero attached hydrogens (tertiary/aromatic N) is 4. The van der Waals surface area contributed by atoms with Gasteiger partial charge >= 0.3 is 0 Å². The molecule has 0 aliphatic carbocycles. The summed E-state index contributed by atoms with van der Waals surface area (Å²) in [6.45, 7) is 3.41. The minimum Gasteiger partial charge on any atom is -0.495 e. The van der Waals surface area contributed by atoms with Crippen molar-refractivity contribution in [1.29, 1.82) is 0 Å². The Bertz CT molecular complexity index is 1390. The molecule has 2 aromatic rings. The van der Waals surface area contributed by atoms with Crippen molar-refractivity contribution in [2.75, 3.05) is 13.7 Å². The number of ether oxygens (including phenoxy) is 1. The van der Waals surface area contributed by atoms with Crippen molar-refractivity contribution in [1.82, 2.24) is 14.1 Å². The quantitative estimate of drug-likeness (QED) is 0.383. The van der Waals surface area contributed by atoms with Gasteiger partial charge < -0.3 is 9.64 Å². The summed E-state index contributed by atoms with van der Waals surface area (Å²) in [4.78, 5) is 39.6. The van der Waals surface area contributed by atoms with Gasteiger partial charge in [-0.2, -0.15) is 0 Å². The van der Waals surface area contributed by atoms with Gasteiger partial charge in [-0.1, -0.05) is 23.7 Å². The van der Waals surface area contributed by atoms with Crippen LogP contribution in [-0.2, 0) is 26.0 Å². The van der Waals surface area contributed by atoms with Crippen molar-refractivity contribution in [3.05, 3.63) is 75.2 Å². The molecule has 4 rings (SSSR count). The highest BCUT2D eigenvalue weighted by Gasteiger charge is 2.47. The first-order valence-electron chi connectivity index (χ1n) is 11.4. The molecule has 0 bridgehead atoms. The van der Waals surface area contributed by atoms with Crippen LogP contribution in [0.25, 0.3) is 0 Å². The first kappa shape index (κ1) is 26.4. The van der Waals surface area contributed by atoms with E-state index in [1.807, 2.05) is 0 Å². The largest absolute Gasteiger partial charge is 0.495 e. The second kappa shape index (κ2) is 10.0. The summed E-state index contributed by atoms with van der Waals surface area (Å²) < 4.78 is 34.0. The van der Waals surface area contributed by atoms with E-state index in [1.165, 1.54) is 65.6 Å². The van der Waals surface area contributed by atoms with Crippen molar-refractivity contribution in [3.63, 3.8) is 0 Å². The highest BCUT2D eigenvalue weighted by atomic mass is 35.5. The standard InChI is InChI=1S/C24H25ClN4O7S/c1-15(2)26-14-22-27(37(34,35)21-13-17(25)6-9-20(21)36-3)11-10-23(30)28(22)19(24(26)31)12-16-4-7-18(8-5-16)29(32)33/h4-9,13-15,19H,10-12H2,1-3H3. The Morgan fingerprint density at radius 1 is 1.16 bits per heavy atom. The minimum absolute atomic E-state index is 0.0392. The maximum Gasteiger partial charge on any atom is 0.269 e. The van der Waals surface area contributed by atoms with Crippen LogP contribution in [0.15, 0.2) is 59.4 Å². The molecule has 2 amide bonds. The Hall–Kier alpha value is -3.64. The molecule has 0 aromatic heterocycles. The average Bonchev–Trinajstić information content (AvgIpc) is 2.85. The first-order valence-corrected chi connectivity index (χ1v) is 13.2. The Morgan fingerprint density at radius 3 is 2.43 bits per heavy atom. The normalized spacial score (nSPS) is 18.1. The van der Waals surface area contributed by atoms with Gasteiger partial charge in [0.2, 0.25) is 11.8 Å². The number of fused-ring (bicyclic) bond motifs is 1. The number of hydrogen-bond acceptors (Lipinski definition) is 7. The van der Waals surface area contributed by atoms with Crippen molar-refractivity contribution in [2.24, 2.45) is 0 Å². The summed E-state index contributed by atoms with van der Waals surface area (Å²) in [5.41, 5.74) is 0.475. The summed E-state index contributed by atoms with van der Waals surface area (Å²) in [5, 5.41) is 11.2. The average molecular weight is 549 g/mol. The van der Waals surface area contributed by atoms with Crippen LogP contribution >= 0.6 is 11.6 Å². The molecule has 0 radical (unpaired) electrons. The molecule has 2 aromatic carbocycles. The fourth-order valence-electron chi connectivity index (χ4n) is 4.38. The monoisotopic (exact) mass is 548 g/mol. The Labute approximate surface area is 219 Å². The molecule has 1 fully saturated rings. The van der Waals surface area contributed by atoms with Gasteiger partial charge in [0, 0.05) is 48.8 Å². The molecule has 1 atom stereocenters. The molecule has 37 heavy (non-hydrogen) atoms. The van der Waals surface area contributed by atoms with Crippen LogP contribution in [0.3, 0.4) is 0 Å². The molecular formula is C24H25ClN4O7S. The number of sulfonamides is 1. The summed E-state index contributed by atoms with van der Waals surface area (Å²) >= 11 is 6.09. The van der Waals surface area contributed by atoms with E-state index in [4.69, 9.17) is 16.3 Å². The van der Waals surface area contributed by atoms with E-state index in [-0.39, 0.29) is 58.5 Å². The number of hydrogen-bond donors (Lipinski definition) is 0. The lowest BCUT2D eigenvalue weighted by Gasteiger charge is -2.47. The van der Waals surface area contributed by atoms with E-state index < -0.39 is 26.9 Å². The summed E-state index contributed by atoms with van der Waals surface area (Å²) in [6, 6.07) is 8.52. The molecule has 13 heteroatoms. The number of carbonyl (C=O) groups is 2. The van der Waals surface area contributed by atoms with Gasteiger partial charge in [-0.3, -0.25) is 24.6 Å². The van der Waals surface area contributed by atoms with Crippen LogP contribution in [0, 0.1) is 10.1 Å². The number of non-ortho nitro benzene ring substituents is 1. The van der Waals surface area contributed by atoms with E-state index in [2.05, 4.69) is 0 Å². The number of rotatable bonds is 7. The molecule has 2 aliphatic rings. The topological polar surface area (TPSA) is 130 Å². The number of amides is 2. The zero-order valence-electron chi connectivity index (χ0n) is 20.3. The van der Waals surface area contributed by atoms with Crippen LogP contribution in [0.1, 0.15) is 25.8 Å². The molecule has 1 saturated heterocycles. The number of benzene rings is 2. The minimum atomic E-state index is -4.25. The molecule has 0 saturated carbocycles. The maximum atomic E-state index is 13.8. The highest BCUT2D eigenvalue weighted by Crippen LogP contribution is 2.37.